The Balaban J connectivity index is 0.000000532. The van der Waals surface area contributed by atoms with Crippen LogP contribution in [-0.2, 0) is 23.9 Å². The minimum Gasteiger partial charge on any atom is -0.479 e. The number of hydrogen-bond acceptors (Lipinski definition) is 9. The second-order valence-electron chi connectivity index (χ2n) is 8.05. The van der Waals surface area contributed by atoms with Crippen LogP contribution in [0.15, 0.2) is 53.5 Å². The van der Waals surface area contributed by atoms with Gasteiger partial charge in [-0.2, -0.15) is 13.2 Å². The number of ether oxygens (including phenoxy) is 2. The van der Waals surface area contributed by atoms with Crippen molar-refractivity contribution in [2.45, 2.75) is 43.1 Å². The zero-order valence-corrected chi connectivity index (χ0v) is 20.1. The van der Waals surface area contributed by atoms with Crippen LogP contribution < -0.4 is 5.32 Å². The Labute approximate surface area is 221 Å². The van der Waals surface area contributed by atoms with E-state index in [9.17, 15) is 43.2 Å². The Kier molecular flexibility index (Phi) is 9.26. The van der Waals surface area contributed by atoms with Crippen molar-refractivity contribution in [3.8, 4) is 0 Å². The van der Waals surface area contributed by atoms with Crippen LogP contribution in [0.2, 0.25) is 5.02 Å². The van der Waals surface area contributed by atoms with E-state index in [0.717, 1.165) is 0 Å². The molecule has 1 unspecified atom stereocenters. The molecule has 39 heavy (non-hydrogen) atoms. The number of nitrogens with zero attached hydrogens (tertiary/aromatic N) is 1. The van der Waals surface area contributed by atoms with E-state index in [1.165, 1.54) is 0 Å². The van der Waals surface area contributed by atoms with Crippen molar-refractivity contribution in [3.63, 3.8) is 0 Å². The van der Waals surface area contributed by atoms with E-state index in [-0.39, 0.29) is 0 Å². The number of amides is 1. The van der Waals surface area contributed by atoms with Gasteiger partial charge >= 0.3 is 18.1 Å². The number of carboxylic acid groups (broad SMARTS) is 2. The second kappa shape index (κ2) is 12.1. The van der Waals surface area contributed by atoms with Crippen molar-refractivity contribution in [1.82, 2.24) is 0 Å². The van der Waals surface area contributed by atoms with Gasteiger partial charge in [0.1, 0.15) is 18.3 Å². The summed E-state index contributed by atoms with van der Waals surface area (Å²) in [5, 5.41) is 49.5. The standard InChI is InChI=1S/C21H19ClN2O8.C2HF3O2/c22-10-6-7-12-11(8-10)13(9-4-2-1-3-5-9)24-19(18(28)23-12)32-21-16(27)14(25)15(26)17(31-21)20(29)30;3-2(4,5)1(6)7/h1-8,14-17,19,21,25-27H,(H,23,28)(H,29,30);(H,6,7)/t14-,15-,16+,17-,19?,21-;/m0./s1. The molecule has 210 valence electrons. The molecule has 2 aliphatic rings. The molecule has 1 saturated heterocycles. The van der Waals surface area contributed by atoms with E-state index in [0.29, 0.717) is 27.5 Å². The summed E-state index contributed by atoms with van der Waals surface area (Å²) in [5.41, 5.74) is 1.93. The largest absolute Gasteiger partial charge is 0.490 e. The quantitative estimate of drug-likeness (QED) is 0.305. The predicted octanol–water partition coefficient (Wildman–Crippen LogP) is 0.998. The molecule has 1 fully saturated rings. The predicted molar refractivity (Wildman–Crippen MR) is 125 cm³/mol. The molecular formula is C23H20ClF3N2O10. The van der Waals surface area contributed by atoms with Crippen LogP contribution in [0.3, 0.4) is 0 Å². The Hall–Kier alpha value is -3.60. The van der Waals surface area contributed by atoms with Crippen LogP contribution in [0.5, 0.6) is 0 Å². The number of fused-ring (bicyclic) bond motifs is 1. The maximum Gasteiger partial charge on any atom is 0.490 e. The number of rotatable bonds is 4. The van der Waals surface area contributed by atoms with Crippen LogP contribution in [0.1, 0.15) is 11.1 Å². The first kappa shape index (κ1) is 29.9. The van der Waals surface area contributed by atoms with Gasteiger partial charge in [-0.3, -0.25) is 4.79 Å². The molecule has 0 spiro atoms. The molecule has 0 bridgehead atoms. The summed E-state index contributed by atoms with van der Waals surface area (Å²) in [6.07, 6.45) is -15.9. The monoisotopic (exact) mass is 576 g/mol. The van der Waals surface area contributed by atoms with Crippen molar-refractivity contribution in [2.24, 2.45) is 4.99 Å². The fraction of sp³-hybridized carbons (Fsp3) is 0.304. The fourth-order valence-electron chi connectivity index (χ4n) is 3.47. The Morgan fingerprint density at radius 1 is 1.00 bits per heavy atom. The number of nitrogens with one attached hydrogen (secondary N) is 1. The highest BCUT2D eigenvalue weighted by atomic mass is 35.5. The molecule has 2 heterocycles. The third kappa shape index (κ3) is 7.08. The van der Waals surface area contributed by atoms with Gasteiger partial charge in [0.2, 0.25) is 6.23 Å². The summed E-state index contributed by atoms with van der Waals surface area (Å²) < 4.78 is 42.4. The van der Waals surface area contributed by atoms with Gasteiger partial charge in [-0.05, 0) is 18.2 Å². The van der Waals surface area contributed by atoms with Gasteiger partial charge in [0.05, 0.1) is 11.4 Å². The van der Waals surface area contributed by atoms with Gasteiger partial charge in [0.25, 0.3) is 5.91 Å². The van der Waals surface area contributed by atoms with Gasteiger partial charge in [0, 0.05) is 16.1 Å². The molecule has 2 aromatic carbocycles. The lowest BCUT2D eigenvalue weighted by Crippen LogP contribution is -2.61. The number of carboxylic acids is 2. The molecule has 4 rings (SSSR count). The first-order valence-corrected chi connectivity index (χ1v) is 11.2. The molecule has 12 nitrogen and oxygen atoms in total. The lowest BCUT2D eigenvalue weighted by atomic mass is 9.99. The summed E-state index contributed by atoms with van der Waals surface area (Å²) in [5.74, 6) is -5.05. The maximum atomic E-state index is 12.8. The number of halogens is 4. The fourth-order valence-corrected chi connectivity index (χ4v) is 3.64. The summed E-state index contributed by atoms with van der Waals surface area (Å²) in [4.78, 5) is 37.5. The minimum atomic E-state index is -5.08. The van der Waals surface area contributed by atoms with Crippen LogP contribution in [-0.4, -0.2) is 92.2 Å². The van der Waals surface area contributed by atoms with E-state index in [1.54, 1.807) is 42.5 Å². The van der Waals surface area contributed by atoms with Crippen LogP contribution in [0.4, 0.5) is 18.9 Å². The number of benzodiazepines with no additional fused rings is 1. The molecule has 16 heteroatoms. The van der Waals surface area contributed by atoms with Gasteiger partial charge in [-0.15, -0.1) is 0 Å². The van der Waals surface area contributed by atoms with E-state index in [4.69, 9.17) is 31.0 Å². The molecule has 1 amide bonds. The number of carbonyl (C=O) groups excluding carboxylic acids is 1. The third-order valence-corrected chi connectivity index (χ3v) is 5.57. The molecule has 0 saturated carbocycles. The minimum absolute atomic E-state index is 0.354. The highest BCUT2D eigenvalue weighted by molar-refractivity contribution is 6.32. The number of aliphatic carboxylic acids is 2. The molecule has 6 atom stereocenters. The highest BCUT2D eigenvalue weighted by Gasteiger charge is 2.49. The van der Waals surface area contributed by atoms with Gasteiger partial charge in [-0.1, -0.05) is 41.9 Å². The highest BCUT2D eigenvalue weighted by Crippen LogP contribution is 2.29. The normalized spacial score (nSPS) is 26.6. The van der Waals surface area contributed by atoms with Crippen LogP contribution in [0.25, 0.3) is 0 Å². The van der Waals surface area contributed by atoms with Crippen molar-refractivity contribution in [2.75, 3.05) is 5.32 Å². The van der Waals surface area contributed by atoms with E-state index < -0.39 is 61.0 Å². The average molecular weight is 577 g/mol. The number of hydrogen-bond donors (Lipinski definition) is 6. The number of aliphatic hydroxyl groups excluding tert-OH is 3. The van der Waals surface area contributed by atoms with Crippen molar-refractivity contribution in [1.29, 1.82) is 0 Å². The first-order valence-electron chi connectivity index (χ1n) is 10.8. The van der Waals surface area contributed by atoms with E-state index in [2.05, 4.69) is 10.3 Å². The first-order chi connectivity index (χ1) is 18.2. The van der Waals surface area contributed by atoms with Crippen LogP contribution >= 0.6 is 11.6 Å². The zero-order valence-electron chi connectivity index (χ0n) is 19.3. The Morgan fingerprint density at radius 3 is 2.18 bits per heavy atom. The second-order valence-corrected chi connectivity index (χ2v) is 8.49. The topological polar surface area (TPSA) is 195 Å². The number of anilines is 1. The number of aliphatic hydroxyl groups is 3. The van der Waals surface area contributed by atoms with Crippen molar-refractivity contribution in [3.05, 3.63) is 64.7 Å². The number of benzene rings is 2. The number of aliphatic imine (C=N–C) groups is 1. The zero-order chi connectivity index (χ0) is 29.1. The molecule has 0 radical (unpaired) electrons. The van der Waals surface area contributed by atoms with Crippen molar-refractivity contribution < 1.29 is 62.6 Å². The molecule has 2 aromatic rings. The van der Waals surface area contributed by atoms with E-state index >= 15 is 0 Å². The molecule has 6 N–H and O–H groups in total. The molecule has 0 aliphatic carbocycles. The number of carbonyl (C=O) groups is 3. The lowest BCUT2D eigenvalue weighted by Gasteiger charge is -2.39. The van der Waals surface area contributed by atoms with Crippen molar-refractivity contribution >= 4 is 40.8 Å². The summed E-state index contributed by atoms with van der Waals surface area (Å²) in [6.45, 7) is 0. The van der Waals surface area contributed by atoms with Gasteiger partial charge < -0.3 is 40.3 Å². The summed E-state index contributed by atoms with van der Waals surface area (Å²) >= 11 is 6.15. The Bertz CT molecular complexity index is 1260. The third-order valence-electron chi connectivity index (χ3n) is 5.33. The lowest BCUT2D eigenvalue weighted by molar-refractivity contribution is -0.300. The molecule has 2 aliphatic heterocycles. The smallest absolute Gasteiger partial charge is 0.479 e. The summed E-state index contributed by atoms with van der Waals surface area (Å²) in [6, 6.07) is 13.7. The Morgan fingerprint density at radius 2 is 1.62 bits per heavy atom. The SMILES string of the molecule is O=C(O)C(F)(F)F.O=C1Nc2ccc(Cl)cc2C(c2ccccc2)=NC1O[C@@H]1O[C@H](C(=O)O)[C@@H](O)[C@H](O)[C@H]1O. The average Bonchev–Trinajstić information content (AvgIpc) is 3.00. The van der Waals surface area contributed by atoms with E-state index in [1.807, 2.05) is 6.07 Å². The van der Waals surface area contributed by atoms with Gasteiger partial charge in [0.15, 0.2) is 12.4 Å². The molecule has 0 aromatic heterocycles. The number of alkyl halides is 3. The van der Waals surface area contributed by atoms with Crippen LogP contribution in [0, 0.1) is 0 Å². The van der Waals surface area contributed by atoms with Gasteiger partial charge in [-0.25, -0.2) is 14.6 Å². The summed E-state index contributed by atoms with van der Waals surface area (Å²) in [7, 11) is 0. The molecular weight excluding hydrogens is 557 g/mol. The maximum absolute atomic E-state index is 12.8.